The van der Waals surface area contributed by atoms with Gasteiger partial charge in [-0.25, -0.2) is 9.79 Å². The normalized spacial score (nSPS) is 13.7. The highest BCUT2D eigenvalue weighted by Crippen LogP contribution is 2.40. The molecule has 4 rings (SSSR count). The average molecular weight is 336 g/mol. The molecule has 0 saturated heterocycles. The SMILES string of the molecule is C=[N+]1CN=C(N)c2sc3cc(-c4ccc(C(=O)O)cc4)ccc3c21. The molecule has 2 aromatic carbocycles. The predicted molar refractivity (Wildman–Crippen MR) is 96.9 cm³/mol. The maximum absolute atomic E-state index is 11.0. The van der Waals surface area contributed by atoms with Gasteiger partial charge in [0.1, 0.15) is 17.4 Å². The molecule has 0 saturated carbocycles. The van der Waals surface area contributed by atoms with Crippen LogP contribution >= 0.6 is 11.3 Å². The van der Waals surface area contributed by atoms with E-state index in [4.69, 9.17) is 10.8 Å². The number of carboxylic acid groups (broad SMARTS) is 1. The van der Waals surface area contributed by atoms with Gasteiger partial charge < -0.3 is 10.8 Å². The van der Waals surface area contributed by atoms with Crippen LogP contribution in [0.3, 0.4) is 0 Å². The van der Waals surface area contributed by atoms with E-state index in [1.807, 2.05) is 22.8 Å². The number of hydrogen-bond donors (Lipinski definition) is 2. The Hall–Kier alpha value is -2.99. The van der Waals surface area contributed by atoms with Crippen LogP contribution in [0.15, 0.2) is 47.5 Å². The zero-order chi connectivity index (χ0) is 16.8. The van der Waals surface area contributed by atoms with Crippen LogP contribution in [0.5, 0.6) is 0 Å². The number of fused-ring (bicyclic) bond motifs is 3. The maximum atomic E-state index is 11.0. The van der Waals surface area contributed by atoms with Crippen LogP contribution in [0.1, 0.15) is 15.2 Å². The van der Waals surface area contributed by atoms with Crippen LogP contribution < -0.4 is 5.73 Å². The van der Waals surface area contributed by atoms with E-state index in [1.165, 1.54) is 0 Å². The molecule has 0 aliphatic carbocycles. The highest BCUT2D eigenvalue weighted by Gasteiger charge is 2.27. The summed E-state index contributed by atoms with van der Waals surface area (Å²) >= 11 is 1.60. The van der Waals surface area contributed by atoms with E-state index in [1.54, 1.807) is 23.5 Å². The Bertz CT molecular complexity index is 1030. The van der Waals surface area contributed by atoms with Crippen LogP contribution in [-0.4, -0.2) is 34.9 Å². The number of thiophene rings is 1. The maximum Gasteiger partial charge on any atom is 0.335 e. The van der Waals surface area contributed by atoms with Crippen molar-refractivity contribution >= 4 is 45.6 Å². The second-order valence-electron chi connectivity index (χ2n) is 5.60. The molecular weight excluding hydrogens is 322 g/mol. The van der Waals surface area contributed by atoms with E-state index >= 15 is 0 Å². The average Bonchev–Trinajstić information content (AvgIpc) is 2.98. The summed E-state index contributed by atoms with van der Waals surface area (Å²) in [5, 5.41) is 10.1. The number of carbonyl (C=O) groups is 1. The van der Waals surface area contributed by atoms with Gasteiger partial charge in [-0.2, -0.15) is 4.58 Å². The Morgan fingerprint density at radius 2 is 1.92 bits per heavy atom. The van der Waals surface area contributed by atoms with E-state index in [0.29, 0.717) is 12.5 Å². The molecule has 6 heteroatoms. The molecule has 5 nitrogen and oxygen atoms in total. The second-order valence-corrected chi connectivity index (χ2v) is 6.65. The molecule has 24 heavy (non-hydrogen) atoms. The quantitative estimate of drug-likeness (QED) is 0.705. The van der Waals surface area contributed by atoms with Crippen molar-refractivity contribution in [2.75, 3.05) is 6.67 Å². The topological polar surface area (TPSA) is 78.7 Å². The van der Waals surface area contributed by atoms with Crippen LogP contribution in [0, 0.1) is 0 Å². The van der Waals surface area contributed by atoms with Gasteiger partial charge in [0.05, 0.1) is 10.9 Å². The number of benzene rings is 2. The van der Waals surface area contributed by atoms with Gasteiger partial charge in [-0.1, -0.05) is 18.2 Å². The Morgan fingerprint density at radius 3 is 2.62 bits per heavy atom. The monoisotopic (exact) mass is 336 g/mol. The Kier molecular flexibility index (Phi) is 3.21. The van der Waals surface area contributed by atoms with Crippen molar-refractivity contribution in [3.05, 3.63) is 52.9 Å². The predicted octanol–water partition coefficient (Wildman–Crippen LogP) is 3.29. The van der Waals surface area contributed by atoms with Gasteiger partial charge in [0.2, 0.25) is 12.4 Å². The number of rotatable bonds is 2. The van der Waals surface area contributed by atoms with Crippen LogP contribution in [0.2, 0.25) is 0 Å². The molecule has 3 aromatic rings. The van der Waals surface area contributed by atoms with E-state index in [9.17, 15) is 4.79 Å². The summed E-state index contributed by atoms with van der Waals surface area (Å²) in [4.78, 5) is 16.2. The van der Waals surface area contributed by atoms with Crippen LogP contribution in [0.25, 0.3) is 21.2 Å². The summed E-state index contributed by atoms with van der Waals surface area (Å²) in [7, 11) is 0. The number of amidine groups is 1. The molecule has 1 aromatic heterocycles. The van der Waals surface area contributed by atoms with E-state index in [-0.39, 0.29) is 5.56 Å². The molecule has 0 atom stereocenters. The molecule has 1 aliphatic heterocycles. The number of nitrogens with two attached hydrogens (primary N) is 1. The summed E-state index contributed by atoms with van der Waals surface area (Å²) < 4.78 is 2.96. The van der Waals surface area contributed by atoms with Gasteiger partial charge in [-0.05, 0) is 35.4 Å². The minimum absolute atomic E-state index is 0.281. The van der Waals surface area contributed by atoms with Crippen molar-refractivity contribution in [1.82, 2.24) is 0 Å². The first-order valence-electron chi connectivity index (χ1n) is 7.33. The molecule has 0 bridgehead atoms. The van der Waals surface area contributed by atoms with E-state index in [0.717, 1.165) is 31.8 Å². The lowest BCUT2D eigenvalue weighted by atomic mass is 10.0. The number of hydrogen-bond acceptors (Lipinski definition) is 4. The number of aliphatic imine (C=N–C) groups is 1. The van der Waals surface area contributed by atoms with Gasteiger partial charge >= 0.3 is 5.97 Å². The number of aromatic carboxylic acids is 1. The summed E-state index contributed by atoms with van der Waals surface area (Å²) in [5.41, 5.74) is 9.33. The molecule has 118 valence electrons. The van der Waals surface area contributed by atoms with Crippen molar-refractivity contribution in [2.24, 2.45) is 10.7 Å². The first-order chi connectivity index (χ1) is 11.5. The summed E-state index contributed by atoms with van der Waals surface area (Å²) in [6.07, 6.45) is 0. The van der Waals surface area contributed by atoms with Crippen molar-refractivity contribution < 1.29 is 14.5 Å². The highest BCUT2D eigenvalue weighted by molar-refractivity contribution is 7.21. The van der Waals surface area contributed by atoms with Crippen LogP contribution in [-0.2, 0) is 0 Å². The third-order valence-electron chi connectivity index (χ3n) is 4.09. The van der Waals surface area contributed by atoms with E-state index in [2.05, 4.69) is 23.8 Å². The van der Waals surface area contributed by atoms with E-state index < -0.39 is 5.97 Å². The zero-order valence-corrected chi connectivity index (χ0v) is 13.5. The van der Waals surface area contributed by atoms with Gasteiger partial charge in [0, 0.05) is 4.70 Å². The number of carboxylic acids is 1. The largest absolute Gasteiger partial charge is 0.478 e. The fourth-order valence-corrected chi connectivity index (χ4v) is 4.04. The summed E-state index contributed by atoms with van der Waals surface area (Å²) in [6, 6.07) is 13.1. The molecule has 2 heterocycles. The fourth-order valence-electron chi connectivity index (χ4n) is 2.86. The van der Waals surface area contributed by atoms with Crippen molar-refractivity contribution in [3.63, 3.8) is 0 Å². The van der Waals surface area contributed by atoms with Crippen molar-refractivity contribution in [1.29, 1.82) is 0 Å². The van der Waals surface area contributed by atoms with Gasteiger partial charge in [-0.15, -0.1) is 11.3 Å². The first-order valence-corrected chi connectivity index (χ1v) is 8.15. The smallest absolute Gasteiger partial charge is 0.335 e. The van der Waals surface area contributed by atoms with Crippen molar-refractivity contribution in [2.45, 2.75) is 0 Å². The Morgan fingerprint density at radius 1 is 1.21 bits per heavy atom. The van der Waals surface area contributed by atoms with Crippen LogP contribution in [0.4, 0.5) is 5.69 Å². The highest BCUT2D eigenvalue weighted by atomic mass is 32.1. The second kappa shape index (κ2) is 5.28. The van der Waals surface area contributed by atoms with Gasteiger partial charge in [0.15, 0.2) is 0 Å². The molecule has 0 fully saturated rings. The minimum atomic E-state index is -0.923. The Labute approximate surface area is 142 Å². The lowest BCUT2D eigenvalue weighted by Crippen LogP contribution is -2.21. The third-order valence-corrected chi connectivity index (χ3v) is 5.25. The molecule has 1 aliphatic rings. The fraction of sp³-hybridized carbons (Fsp3) is 0.0556. The molecule has 3 N–H and O–H groups in total. The summed E-state index contributed by atoms with van der Waals surface area (Å²) in [6.45, 7) is 4.49. The van der Waals surface area contributed by atoms with Gasteiger partial charge in [-0.3, -0.25) is 0 Å². The standard InChI is InChI=1S/C18H13N3O2S/c1-21-9-20-17(19)16-15(21)13-7-6-12(8-14(13)24-16)10-2-4-11(5-3-10)18(22)23/h2-8H,1,9H2,(H2-,19,20,22,23)/p+1. The molecule has 0 spiro atoms. The van der Waals surface area contributed by atoms with Gasteiger partial charge in [0.25, 0.3) is 0 Å². The number of nitrogens with zero attached hydrogens (tertiary/aromatic N) is 2. The minimum Gasteiger partial charge on any atom is -0.478 e. The first kappa shape index (κ1) is 14.6. The molecule has 0 radical (unpaired) electrons. The Balaban J connectivity index is 1.83. The molecule has 0 unspecified atom stereocenters. The van der Waals surface area contributed by atoms with Crippen molar-refractivity contribution in [3.8, 4) is 11.1 Å². The molecule has 0 amide bonds. The lowest BCUT2D eigenvalue weighted by molar-refractivity contribution is -0.428. The molecular formula is C18H14N3O2S+. The summed E-state index contributed by atoms with van der Waals surface area (Å²) in [5.74, 6) is -0.369. The zero-order valence-electron chi connectivity index (χ0n) is 12.7. The lowest BCUT2D eigenvalue weighted by Gasteiger charge is -2.06. The third kappa shape index (κ3) is 2.19.